The zero-order chi connectivity index (χ0) is 16.6. The van der Waals surface area contributed by atoms with E-state index in [1.807, 2.05) is 0 Å². The fraction of sp³-hybridized carbons (Fsp3) is 0.615. The number of fused-ring (bicyclic) bond motifs is 1. The van der Waals surface area contributed by atoms with Gasteiger partial charge in [0, 0.05) is 13.5 Å². The van der Waals surface area contributed by atoms with Crippen LogP contribution in [0.25, 0.3) is 11.2 Å². The van der Waals surface area contributed by atoms with Gasteiger partial charge in [-0.15, -0.1) is 0 Å². The molecule has 0 radical (unpaired) electrons. The van der Waals surface area contributed by atoms with Crippen LogP contribution in [0.5, 0.6) is 0 Å². The summed E-state index contributed by atoms with van der Waals surface area (Å²) in [5, 5.41) is 30.1. The summed E-state index contributed by atoms with van der Waals surface area (Å²) < 4.78 is 12.4. The first kappa shape index (κ1) is 16.0. The number of rotatable bonds is 5. The minimum absolute atomic E-state index is 0.197. The normalized spacial score (nSPS) is 31.0. The van der Waals surface area contributed by atoms with E-state index in [1.165, 1.54) is 24.3 Å². The minimum atomic E-state index is -1.38. The van der Waals surface area contributed by atoms with Crippen molar-refractivity contribution < 1.29 is 24.8 Å². The van der Waals surface area contributed by atoms with Crippen molar-refractivity contribution in [2.45, 2.75) is 30.5 Å². The Morgan fingerprint density at radius 3 is 2.83 bits per heavy atom. The van der Waals surface area contributed by atoms with Gasteiger partial charge in [0.2, 0.25) is 0 Å². The monoisotopic (exact) mass is 325 g/mol. The molecule has 1 fully saturated rings. The highest BCUT2D eigenvalue weighted by atomic mass is 16.6. The highest BCUT2D eigenvalue weighted by molar-refractivity contribution is 5.81. The van der Waals surface area contributed by atoms with E-state index >= 15 is 0 Å². The second kappa shape index (κ2) is 5.98. The summed E-state index contributed by atoms with van der Waals surface area (Å²) in [6, 6.07) is 0. The molecule has 2 aromatic rings. The van der Waals surface area contributed by atoms with Gasteiger partial charge in [-0.1, -0.05) is 0 Å². The van der Waals surface area contributed by atoms with E-state index < -0.39 is 30.6 Å². The quantitative estimate of drug-likeness (QED) is 0.500. The van der Waals surface area contributed by atoms with Crippen molar-refractivity contribution in [1.82, 2.24) is 19.5 Å². The van der Waals surface area contributed by atoms with Crippen LogP contribution in [-0.2, 0) is 15.2 Å². The van der Waals surface area contributed by atoms with Crippen LogP contribution in [0.4, 0.5) is 5.82 Å². The second-order valence-electron chi connectivity index (χ2n) is 5.41. The third-order valence-corrected chi connectivity index (χ3v) is 4.14. The van der Waals surface area contributed by atoms with E-state index in [-0.39, 0.29) is 18.8 Å². The molecule has 126 valence electrons. The first-order valence-electron chi connectivity index (χ1n) is 7.13. The van der Waals surface area contributed by atoms with Crippen molar-refractivity contribution in [2.75, 3.05) is 26.1 Å². The molecule has 0 spiro atoms. The van der Waals surface area contributed by atoms with Gasteiger partial charge in [-0.05, 0) is 0 Å². The molecule has 10 nitrogen and oxygen atoms in total. The van der Waals surface area contributed by atoms with Gasteiger partial charge in [0.05, 0.1) is 19.5 Å². The zero-order valence-electron chi connectivity index (χ0n) is 12.5. The average molecular weight is 325 g/mol. The number of anilines is 1. The van der Waals surface area contributed by atoms with Crippen molar-refractivity contribution in [3.8, 4) is 0 Å². The Labute approximate surface area is 131 Å². The lowest BCUT2D eigenvalue weighted by Crippen LogP contribution is -2.46. The molecular formula is C13H19N5O5. The van der Waals surface area contributed by atoms with Gasteiger partial charge in [0.15, 0.2) is 17.2 Å². The van der Waals surface area contributed by atoms with Gasteiger partial charge in [0.1, 0.15) is 30.2 Å². The smallest absolute Gasteiger partial charge is 0.178 e. The van der Waals surface area contributed by atoms with Crippen molar-refractivity contribution >= 4 is 17.0 Å². The summed E-state index contributed by atoms with van der Waals surface area (Å²) in [6.07, 6.45) is -0.578. The van der Waals surface area contributed by atoms with Gasteiger partial charge in [-0.3, -0.25) is 4.57 Å². The first-order chi connectivity index (χ1) is 11.0. The summed E-state index contributed by atoms with van der Waals surface area (Å²) in [4.78, 5) is 12.2. The standard InChI is InChI=1S/C13H19N5O5/c1-22-3-2-13(10(21)9(20)7(4-19)23-13)18-6-17-8-11(14)15-5-16-12(8)18/h5-7,9-10,19-21H,2-4H2,1H3,(H2,14,15,16)/t7-,9-,10-,13-/m1/s1. The molecule has 10 heteroatoms. The predicted molar refractivity (Wildman–Crippen MR) is 78.2 cm³/mol. The van der Waals surface area contributed by atoms with E-state index in [4.69, 9.17) is 15.2 Å². The van der Waals surface area contributed by atoms with Crippen LogP contribution in [0.1, 0.15) is 6.42 Å². The fourth-order valence-corrected chi connectivity index (χ4v) is 2.92. The molecule has 0 amide bonds. The van der Waals surface area contributed by atoms with Gasteiger partial charge in [-0.25, -0.2) is 15.0 Å². The Morgan fingerprint density at radius 1 is 1.39 bits per heavy atom. The van der Waals surface area contributed by atoms with Crippen LogP contribution in [0.2, 0.25) is 0 Å². The van der Waals surface area contributed by atoms with Gasteiger partial charge >= 0.3 is 0 Å². The molecular weight excluding hydrogens is 306 g/mol. The number of nitrogen functional groups attached to an aromatic ring is 1. The van der Waals surface area contributed by atoms with E-state index in [1.54, 1.807) is 0 Å². The summed E-state index contributed by atoms with van der Waals surface area (Å²) >= 11 is 0. The maximum Gasteiger partial charge on any atom is 0.178 e. The molecule has 0 aliphatic carbocycles. The Kier molecular flexibility index (Phi) is 4.17. The number of methoxy groups -OCH3 is 1. The fourth-order valence-electron chi connectivity index (χ4n) is 2.92. The maximum atomic E-state index is 10.6. The van der Waals surface area contributed by atoms with Crippen LogP contribution in [0.3, 0.4) is 0 Å². The number of aliphatic hydroxyl groups is 3. The molecule has 4 atom stereocenters. The van der Waals surface area contributed by atoms with Crippen LogP contribution in [-0.4, -0.2) is 73.5 Å². The van der Waals surface area contributed by atoms with Crippen molar-refractivity contribution in [3.05, 3.63) is 12.7 Å². The summed E-state index contributed by atoms with van der Waals surface area (Å²) in [5.74, 6) is 0.197. The number of nitrogens with zero attached hydrogens (tertiary/aromatic N) is 4. The molecule has 0 saturated carbocycles. The number of hydrogen-bond acceptors (Lipinski definition) is 9. The molecule has 3 rings (SSSR count). The maximum absolute atomic E-state index is 10.6. The highest BCUT2D eigenvalue weighted by Gasteiger charge is 2.55. The number of hydrogen-bond donors (Lipinski definition) is 4. The lowest BCUT2D eigenvalue weighted by Gasteiger charge is -2.33. The molecule has 2 aromatic heterocycles. The molecule has 0 aromatic carbocycles. The number of aromatic nitrogens is 4. The molecule has 23 heavy (non-hydrogen) atoms. The van der Waals surface area contributed by atoms with Gasteiger partial charge in [-0.2, -0.15) is 0 Å². The zero-order valence-corrected chi connectivity index (χ0v) is 12.5. The number of aliphatic hydroxyl groups excluding tert-OH is 3. The molecule has 0 bridgehead atoms. The average Bonchev–Trinajstić information content (AvgIpc) is 3.09. The van der Waals surface area contributed by atoms with Crippen molar-refractivity contribution in [1.29, 1.82) is 0 Å². The van der Waals surface area contributed by atoms with Crippen LogP contribution in [0, 0.1) is 0 Å². The SMILES string of the molecule is COCC[C@@]1(n2cnc3c(N)ncnc32)O[C@H](CO)[C@@H](O)[C@H]1O. The molecule has 5 N–H and O–H groups in total. The second-order valence-corrected chi connectivity index (χ2v) is 5.41. The van der Waals surface area contributed by atoms with E-state index in [9.17, 15) is 15.3 Å². The molecule has 1 aliphatic heterocycles. The van der Waals surface area contributed by atoms with Gasteiger partial charge in [0.25, 0.3) is 0 Å². The van der Waals surface area contributed by atoms with Gasteiger partial charge < -0.3 is 30.5 Å². The highest BCUT2D eigenvalue weighted by Crippen LogP contribution is 2.40. The van der Waals surface area contributed by atoms with E-state index in [0.29, 0.717) is 11.2 Å². The summed E-state index contributed by atoms with van der Waals surface area (Å²) in [6.45, 7) is -0.182. The Balaban J connectivity index is 2.14. The first-order valence-corrected chi connectivity index (χ1v) is 7.13. The van der Waals surface area contributed by atoms with Crippen molar-refractivity contribution in [2.24, 2.45) is 0 Å². The Morgan fingerprint density at radius 2 is 2.17 bits per heavy atom. The molecule has 0 unspecified atom stereocenters. The van der Waals surface area contributed by atoms with E-state index in [0.717, 1.165) is 0 Å². The third-order valence-electron chi connectivity index (χ3n) is 4.14. The summed E-state index contributed by atoms with van der Waals surface area (Å²) in [7, 11) is 1.52. The number of nitrogens with two attached hydrogens (primary N) is 1. The van der Waals surface area contributed by atoms with Crippen LogP contribution < -0.4 is 5.73 Å². The summed E-state index contributed by atoms with van der Waals surface area (Å²) in [5.41, 5.74) is 5.13. The lowest BCUT2D eigenvalue weighted by atomic mass is 9.99. The number of ether oxygens (including phenoxy) is 2. The van der Waals surface area contributed by atoms with Crippen LogP contribution in [0.15, 0.2) is 12.7 Å². The van der Waals surface area contributed by atoms with E-state index in [2.05, 4.69) is 15.0 Å². The molecule has 1 saturated heterocycles. The Hall–Kier alpha value is -1.85. The molecule has 3 heterocycles. The topological polar surface area (TPSA) is 149 Å². The predicted octanol–water partition coefficient (Wildman–Crippen LogP) is -1.79. The van der Waals surface area contributed by atoms with Crippen molar-refractivity contribution in [3.63, 3.8) is 0 Å². The largest absolute Gasteiger partial charge is 0.394 e. The minimum Gasteiger partial charge on any atom is -0.394 e. The third kappa shape index (κ3) is 2.35. The van der Waals surface area contributed by atoms with Crippen LogP contribution >= 0.6 is 0 Å². The Bertz CT molecular complexity index is 694. The lowest BCUT2D eigenvalue weighted by molar-refractivity contribution is -0.157. The number of imidazole rings is 1. The molecule has 1 aliphatic rings.